The van der Waals surface area contributed by atoms with E-state index >= 15 is 0 Å². The fourth-order valence-electron chi connectivity index (χ4n) is 3.95. The average Bonchev–Trinajstić information content (AvgIpc) is 3.03. The molecule has 7 heteroatoms. The molecular formula is C17H28N4O2S. The van der Waals surface area contributed by atoms with Crippen molar-refractivity contribution in [3.63, 3.8) is 0 Å². The standard InChI is InChI=1S/C17H28N4O2S/c1-13-10-15(18-2)11-17(19-13)14-4-7-20(12-14)16-5-8-21(9-6-16)24(3,22)23/h10-11,14,16H,4-9,12H2,1-3H3,(H,18,19). The number of sulfonamides is 1. The number of likely N-dealkylation sites (tertiary alicyclic amines) is 1. The van der Waals surface area contributed by atoms with Crippen LogP contribution in [0.3, 0.4) is 0 Å². The summed E-state index contributed by atoms with van der Waals surface area (Å²) in [5.41, 5.74) is 3.35. The molecule has 1 unspecified atom stereocenters. The van der Waals surface area contributed by atoms with Gasteiger partial charge in [0.2, 0.25) is 10.0 Å². The van der Waals surface area contributed by atoms with Gasteiger partial charge in [-0.25, -0.2) is 12.7 Å². The van der Waals surface area contributed by atoms with Crippen molar-refractivity contribution in [3.8, 4) is 0 Å². The highest BCUT2D eigenvalue weighted by molar-refractivity contribution is 7.88. The van der Waals surface area contributed by atoms with Gasteiger partial charge in [0, 0.05) is 55.7 Å². The number of piperidine rings is 1. The molecular weight excluding hydrogens is 324 g/mol. The zero-order valence-corrected chi connectivity index (χ0v) is 15.6. The van der Waals surface area contributed by atoms with E-state index in [0.717, 1.165) is 43.7 Å². The highest BCUT2D eigenvalue weighted by atomic mass is 32.2. The normalized spacial score (nSPS) is 24.4. The van der Waals surface area contributed by atoms with Gasteiger partial charge in [0.05, 0.1) is 6.26 Å². The summed E-state index contributed by atoms with van der Waals surface area (Å²) in [5, 5.41) is 3.21. The molecule has 0 aromatic carbocycles. The zero-order valence-electron chi connectivity index (χ0n) is 14.8. The zero-order chi connectivity index (χ0) is 17.3. The SMILES string of the molecule is CNc1cc(C)nc(C2CCN(C3CCN(S(C)(=O)=O)CC3)C2)c1. The van der Waals surface area contributed by atoms with Crippen LogP contribution in [0.2, 0.25) is 0 Å². The number of aryl methyl sites for hydroxylation is 1. The molecule has 0 aliphatic carbocycles. The number of pyridine rings is 1. The molecule has 2 aliphatic rings. The predicted molar refractivity (Wildman–Crippen MR) is 96.9 cm³/mol. The van der Waals surface area contributed by atoms with E-state index in [1.807, 2.05) is 14.0 Å². The molecule has 3 heterocycles. The number of nitrogens with one attached hydrogen (secondary N) is 1. The highest BCUT2D eigenvalue weighted by Gasteiger charge is 2.33. The van der Waals surface area contributed by atoms with Crippen LogP contribution < -0.4 is 5.32 Å². The number of hydrogen-bond acceptors (Lipinski definition) is 5. The fraction of sp³-hybridized carbons (Fsp3) is 0.706. The summed E-state index contributed by atoms with van der Waals surface area (Å²) in [6.45, 7) is 5.45. The van der Waals surface area contributed by atoms with Crippen molar-refractivity contribution >= 4 is 15.7 Å². The summed E-state index contributed by atoms with van der Waals surface area (Å²) in [7, 11) is -1.10. The van der Waals surface area contributed by atoms with E-state index in [0.29, 0.717) is 25.0 Å². The molecule has 1 N–H and O–H groups in total. The first kappa shape index (κ1) is 17.6. The van der Waals surface area contributed by atoms with Gasteiger partial charge in [0.25, 0.3) is 0 Å². The van der Waals surface area contributed by atoms with E-state index < -0.39 is 10.0 Å². The van der Waals surface area contributed by atoms with E-state index in [4.69, 9.17) is 4.98 Å². The smallest absolute Gasteiger partial charge is 0.211 e. The van der Waals surface area contributed by atoms with Crippen molar-refractivity contribution in [2.75, 3.05) is 44.8 Å². The van der Waals surface area contributed by atoms with Crippen LogP contribution in [0.25, 0.3) is 0 Å². The molecule has 24 heavy (non-hydrogen) atoms. The summed E-state index contributed by atoms with van der Waals surface area (Å²) in [6.07, 6.45) is 4.31. The van der Waals surface area contributed by atoms with Crippen molar-refractivity contribution in [1.29, 1.82) is 0 Å². The Hall–Kier alpha value is -1.18. The minimum absolute atomic E-state index is 0.477. The van der Waals surface area contributed by atoms with Crippen molar-refractivity contribution in [2.45, 2.75) is 38.1 Å². The van der Waals surface area contributed by atoms with E-state index in [-0.39, 0.29) is 0 Å². The van der Waals surface area contributed by atoms with Crippen LogP contribution in [-0.2, 0) is 10.0 Å². The second kappa shape index (κ2) is 6.98. The first-order valence-electron chi connectivity index (χ1n) is 8.72. The maximum atomic E-state index is 11.6. The minimum atomic E-state index is -3.04. The predicted octanol–water partition coefficient (Wildman–Crippen LogP) is 1.65. The number of hydrogen-bond donors (Lipinski definition) is 1. The molecule has 2 fully saturated rings. The summed E-state index contributed by atoms with van der Waals surface area (Å²) in [5.74, 6) is 0.477. The van der Waals surface area contributed by atoms with E-state index in [1.54, 1.807) is 4.31 Å². The van der Waals surface area contributed by atoms with E-state index in [9.17, 15) is 8.42 Å². The molecule has 1 atom stereocenters. The van der Waals surface area contributed by atoms with Crippen LogP contribution in [0.5, 0.6) is 0 Å². The third-order valence-corrected chi connectivity index (χ3v) is 6.61. The lowest BCUT2D eigenvalue weighted by molar-refractivity contribution is 0.166. The van der Waals surface area contributed by atoms with Gasteiger partial charge in [-0.3, -0.25) is 9.88 Å². The topological polar surface area (TPSA) is 65.5 Å². The van der Waals surface area contributed by atoms with Gasteiger partial charge in [-0.15, -0.1) is 0 Å². The molecule has 134 valence electrons. The van der Waals surface area contributed by atoms with Crippen LogP contribution >= 0.6 is 0 Å². The summed E-state index contributed by atoms with van der Waals surface area (Å²) >= 11 is 0. The first-order valence-corrected chi connectivity index (χ1v) is 10.6. The van der Waals surface area contributed by atoms with Crippen molar-refractivity contribution in [2.24, 2.45) is 0 Å². The third kappa shape index (κ3) is 3.90. The van der Waals surface area contributed by atoms with Gasteiger partial charge in [-0.2, -0.15) is 0 Å². The molecule has 0 radical (unpaired) electrons. The Bertz CT molecular complexity index is 684. The van der Waals surface area contributed by atoms with Gasteiger partial charge in [-0.05, 0) is 44.9 Å². The fourth-order valence-corrected chi connectivity index (χ4v) is 4.82. The van der Waals surface area contributed by atoms with Gasteiger partial charge in [0.1, 0.15) is 0 Å². The lowest BCUT2D eigenvalue weighted by Gasteiger charge is -2.35. The Morgan fingerprint density at radius 3 is 2.50 bits per heavy atom. The molecule has 2 aliphatic heterocycles. The second-order valence-corrected chi connectivity index (χ2v) is 9.03. The number of anilines is 1. The number of nitrogens with zero attached hydrogens (tertiary/aromatic N) is 3. The van der Waals surface area contributed by atoms with Crippen LogP contribution in [0.4, 0.5) is 5.69 Å². The molecule has 0 spiro atoms. The van der Waals surface area contributed by atoms with Gasteiger partial charge in [0.15, 0.2) is 0 Å². The number of aromatic nitrogens is 1. The minimum Gasteiger partial charge on any atom is -0.388 e. The molecule has 1 aromatic heterocycles. The quantitative estimate of drug-likeness (QED) is 0.892. The Labute approximate surface area is 145 Å². The summed E-state index contributed by atoms with van der Waals surface area (Å²) < 4.78 is 24.9. The Morgan fingerprint density at radius 2 is 1.88 bits per heavy atom. The van der Waals surface area contributed by atoms with Crippen LogP contribution in [0.15, 0.2) is 12.1 Å². The molecule has 3 rings (SSSR count). The van der Waals surface area contributed by atoms with E-state index in [1.165, 1.54) is 11.9 Å². The lowest BCUT2D eigenvalue weighted by atomic mass is 10.0. The van der Waals surface area contributed by atoms with Gasteiger partial charge < -0.3 is 5.32 Å². The lowest BCUT2D eigenvalue weighted by Crippen LogP contribution is -2.45. The van der Waals surface area contributed by atoms with Crippen molar-refractivity contribution in [3.05, 3.63) is 23.5 Å². The Kier molecular flexibility index (Phi) is 5.13. The van der Waals surface area contributed by atoms with Gasteiger partial charge in [-0.1, -0.05) is 0 Å². The Balaban J connectivity index is 1.61. The molecule has 6 nitrogen and oxygen atoms in total. The molecule has 0 bridgehead atoms. The van der Waals surface area contributed by atoms with Gasteiger partial charge >= 0.3 is 0 Å². The third-order valence-electron chi connectivity index (χ3n) is 5.31. The van der Waals surface area contributed by atoms with Crippen molar-refractivity contribution < 1.29 is 8.42 Å². The number of rotatable bonds is 4. The summed E-state index contributed by atoms with van der Waals surface area (Å²) in [4.78, 5) is 7.27. The van der Waals surface area contributed by atoms with E-state index in [2.05, 4.69) is 22.3 Å². The molecule has 2 saturated heterocycles. The van der Waals surface area contributed by atoms with Crippen LogP contribution in [0, 0.1) is 6.92 Å². The average molecular weight is 353 g/mol. The largest absolute Gasteiger partial charge is 0.388 e. The Morgan fingerprint density at radius 1 is 1.17 bits per heavy atom. The monoisotopic (exact) mass is 352 g/mol. The second-order valence-electron chi connectivity index (χ2n) is 7.05. The maximum absolute atomic E-state index is 11.6. The molecule has 1 aromatic rings. The summed E-state index contributed by atoms with van der Waals surface area (Å²) in [6, 6.07) is 4.73. The first-order chi connectivity index (χ1) is 11.4. The highest BCUT2D eigenvalue weighted by Crippen LogP contribution is 2.31. The molecule has 0 saturated carbocycles. The maximum Gasteiger partial charge on any atom is 0.211 e. The molecule has 0 amide bonds. The van der Waals surface area contributed by atoms with Crippen LogP contribution in [-0.4, -0.2) is 68.1 Å². The van der Waals surface area contributed by atoms with Crippen molar-refractivity contribution in [1.82, 2.24) is 14.2 Å². The van der Waals surface area contributed by atoms with Crippen LogP contribution in [0.1, 0.15) is 36.6 Å².